The zero-order valence-electron chi connectivity index (χ0n) is 7.67. The minimum atomic E-state index is -0.567. The molecular weight excluding hydrogens is 235 g/mol. The molecule has 2 aromatic rings. The molecule has 15 heavy (non-hydrogen) atoms. The molecule has 0 aliphatic rings. The fraction of sp³-hybridized carbons (Fsp3) is 0. The molecule has 10 heteroatoms. The van der Waals surface area contributed by atoms with Crippen LogP contribution in [0.3, 0.4) is 0 Å². The summed E-state index contributed by atoms with van der Waals surface area (Å²) < 4.78 is 0. The maximum atomic E-state index is 10.7. The van der Waals surface area contributed by atoms with Crippen LogP contribution in [-0.2, 0) is 12.6 Å². The van der Waals surface area contributed by atoms with E-state index in [1.54, 1.807) is 0 Å². The van der Waals surface area contributed by atoms with Crippen molar-refractivity contribution in [3.8, 4) is 0 Å². The van der Waals surface area contributed by atoms with Crippen LogP contribution in [0, 0.1) is 0 Å². The van der Waals surface area contributed by atoms with Gasteiger partial charge in [-0.1, -0.05) is 5.03 Å². The molecule has 0 fully saturated rings. The topological polar surface area (TPSA) is 157 Å². The van der Waals surface area contributed by atoms with Crippen molar-refractivity contribution in [2.24, 2.45) is 0 Å². The molecule has 0 radical (unpaired) electrons. The molecule has 0 aromatic carbocycles. The summed E-state index contributed by atoms with van der Waals surface area (Å²) in [5.41, 5.74) is -0.450. The molecule has 78 valence electrons. The molecule has 2 rings (SSSR count). The number of aromatic amines is 3. The van der Waals surface area contributed by atoms with Gasteiger partial charge < -0.3 is 33.5 Å². The normalized spacial score (nSPS) is 8.53. The molecule has 0 saturated carbocycles. The van der Waals surface area contributed by atoms with Crippen LogP contribution in [0.15, 0.2) is 14.6 Å². The van der Waals surface area contributed by atoms with Crippen LogP contribution in [0.2, 0.25) is 0 Å². The van der Waals surface area contributed by atoms with Crippen LogP contribution >= 0.6 is 0 Å². The fourth-order valence-electron chi connectivity index (χ4n) is 0.911. The molecule has 8 nitrogen and oxygen atoms in total. The van der Waals surface area contributed by atoms with Crippen molar-refractivity contribution in [3.05, 3.63) is 21.0 Å². The number of aromatic nitrogens is 4. The molecule has 0 saturated heterocycles. The van der Waals surface area contributed by atoms with Gasteiger partial charge >= 0.3 is 40.9 Å². The van der Waals surface area contributed by atoms with Crippen LogP contribution in [0.1, 0.15) is 0 Å². The second-order valence-corrected chi connectivity index (χ2v) is 2.58. The van der Waals surface area contributed by atoms with E-state index in [1.165, 1.54) is 0 Å². The van der Waals surface area contributed by atoms with Gasteiger partial charge in [-0.15, -0.1) is 0 Å². The minimum Gasteiger partial charge on any atom is -0.760 e. The fourth-order valence-corrected chi connectivity index (χ4v) is 1.15. The predicted molar refractivity (Wildman–Crippen MR) is 50.2 cm³/mol. The van der Waals surface area contributed by atoms with Gasteiger partial charge in [-0.25, -0.2) is 9.59 Å². The van der Waals surface area contributed by atoms with Gasteiger partial charge in [-0.05, 0) is 0 Å². The summed E-state index contributed by atoms with van der Waals surface area (Å²) in [6.45, 7) is 0. The molecule has 0 unspecified atom stereocenters. The van der Waals surface area contributed by atoms with Gasteiger partial charge in [0.2, 0.25) is 0 Å². The van der Waals surface area contributed by atoms with E-state index in [1.807, 2.05) is 0 Å². The molecule has 0 atom stereocenters. The van der Waals surface area contributed by atoms with Crippen molar-refractivity contribution >= 4 is 23.8 Å². The van der Waals surface area contributed by atoms with Crippen LogP contribution in [-0.4, -0.2) is 30.9 Å². The Kier molecular flexibility index (Phi) is 6.68. The first-order valence-corrected chi connectivity index (χ1v) is 3.47. The van der Waals surface area contributed by atoms with Crippen LogP contribution in [0.25, 0.3) is 11.2 Å². The number of imidazole rings is 1. The van der Waals surface area contributed by atoms with Gasteiger partial charge in [-0.2, -0.15) is 4.98 Å². The number of nitrogens with one attached hydrogen (secondary N) is 3. The van der Waals surface area contributed by atoms with Crippen molar-refractivity contribution in [2.75, 3.05) is 0 Å². The smallest absolute Gasteiger partial charge is 0.760 e. The number of hydrogen-bond acceptors (Lipinski definition) is 4. The zero-order valence-corrected chi connectivity index (χ0v) is 10.5. The Labute approximate surface area is 110 Å². The third kappa shape index (κ3) is 3.12. The SMILES string of the molecule is O.O.O=c1nc2[nH]c(=O)[nH]c2c([S-])[nH]1.[Na+]. The Balaban J connectivity index is 0. The Morgan fingerprint density at radius 1 is 1.07 bits per heavy atom. The number of rotatable bonds is 0. The summed E-state index contributed by atoms with van der Waals surface area (Å²) in [6, 6.07) is 0. The van der Waals surface area contributed by atoms with E-state index in [9.17, 15) is 9.59 Å². The zero-order chi connectivity index (χ0) is 8.72. The number of nitrogens with zero attached hydrogens (tertiary/aromatic N) is 1. The second-order valence-electron chi connectivity index (χ2n) is 2.17. The Hall–Kier alpha value is -0.710. The molecule has 0 amide bonds. The Bertz CT molecular complexity index is 546. The second kappa shape index (κ2) is 6.00. The summed E-state index contributed by atoms with van der Waals surface area (Å²) in [5, 5.41) is 0.184. The van der Waals surface area contributed by atoms with Crippen molar-refractivity contribution in [1.29, 1.82) is 0 Å². The van der Waals surface area contributed by atoms with E-state index in [2.05, 4.69) is 19.9 Å². The van der Waals surface area contributed by atoms with Gasteiger partial charge in [0.05, 0.1) is 5.52 Å². The Morgan fingerprint density at radius 3 is 2.27 bits per heavy atom. The maximum absolute atomic E-state index is 10.7. The molecular formula is C5H7N4NaO4S. The van der Waals surface area contributed by atoms with Crippen molar-refractivity contribution in [1.82, 2.24) is 19.9 Å². The average molecular weight is 242 g/mol. The van der Waals surface area contributed by atoms with Crippen LogP contribution in [0.4, 0.5) is 0 Å². The first-order valence-electron chi connectivity index (χ1n) is 3.06. The van der Waals surface area contributed by atoms with Crippen molar-refractivity contribution in [3.63, 3.8) is 0 Å². The van der Waals surface area contributed by atoms with E-state index in [0.29, 0.717) is 5.52 Å². The number of fused-ring (bicyclic) bond motifs is 1. The number of hydrogen-bond donors (Lipinski definition) is 3. The predicted octanol–water partition coefficient (Wildman–Crippen LogP) is -5.80. The summed E-state index contributed by atoms with van der Waals surface area (Å²) in [5.74, 6) is 0. The number of H-pyrrole nitrogens is 3. The molecule has 0 aliphatic heterocycles. The standard InChI is InChI=1S/C5H4N4O2S.Na.2H2O/c10-4-6-1-2(7-4)8-5(11)9-3(1)12;;;/h(H4,6,7,8,9,10,11,12);;2*1H2/q;+1;;/p-1. The van der Waals surface area contributed by atoms with Gasteiger partial charge in [0.15, 0.2) is 5.65 Å². The molecule has 7 N–H and O–H groups in total. The maximum Gasteiger partial charge on any atom is 1.00 e. The molecule has 0 spiro atoms. The third-order valence-corrected chi connectivity index (χ3v) is 1.67. The van der Waals surface area contributed by atoms with Crippen molar-refractivity contribution in [2.45, 2.75) is 5.03 Å². The van der Waals surface area contributed by atoms with E-state index in [4.69, 9.17) is 12.6 Å². The largest absolute Gasteiger partial charge is 1.00 e. The van der Waals surface area contributed by atoms with E-state index < -0.39 is 11.4 Å². The average Bonchev–Trinajstić information content (AvgIpc) is 2.29. The van der Waals surface area contributed by atoms with Gasteiger partial charge in [0, 0.05) is 0 Å². The van der Waals surface area contributed by atoms with E-state index >= 15 is 0 Å². The van der Waals surface area contributed by atoms with Gasteiger partial charge in [-0.3, -0.25) is 4.98 Å². The van der Waals surface area contributed by atoms with Crippen LogP contribution in [0.5, 0.6) is 0 Å². The molecule has 2 aromatic heterocycles. The first kappa shape index (κ1) is 16.7. The minimum absolute atomic E-state index is 0. The van der Waals surface area contributed by atoms with E-state index in [-0.39, 0.29) is 51.2 Å². The Morgan fingerprint density at radius 2 is 1.67 bits per heavy atom. The first-order chi connectivity index (χ1) is 5.66. The summed E-state index contributed by atoms with van der Waals surface area (Å²) in [7, 11) is 0. The third-order valence-electron chi connectivity index (χ3n) is 1.37. The summed E-state index contributed by atoms with van der Waals surface area (Å²) >= 11 is 4.77. The molecule has 2 heterocycles. The van der Waals surface area contributed by atoms with Crippen LogP contribution < -0.4 is 40.9 Å². The van der Waals surface area contributed by atoms with Gasteiger partial charge in [0.1, 0.15) is 0 Å². The van der Waals surface area contributed by atoms with E-state index in [0.717, 1.165) is 0 Å². The summed E-state index contributed by atoms with van der Waals surface area (Å²) in [4.78, 5) is 32.0. The molecule has 0 aliphatic carbocycles. The monoisotopic (exact) mass is 242 g/mol. The quantitative estimate of drug-likeness (QED) is 0.239. The molecule has 0 bridgehead atoms. The van der Waals surface area contributed by atoms with Crippen molar-refractivity contribution < 1.29 is 40.5 Å². The van der Waals surface area contributed by atoms with Gasteiger partial charge in [0.25, 0.3) is 0 Å². The summed E-state index contributed by atoms with van der Waals surface area (Å²) in [6.07, 6.45) is 0.